The number of nitrogens with zero attached hydrogens (tertiary/aromatic N) is 2. The molecule has 0 spiro atoms. The minimum Gasteiger partial charge on any atom is -0.508 e. The largest absolute Gasteiger partial charge is 0.508 e. The van der Waals surface area contributed by atoms with Gasteiger partial charge in [0, 0.05) is 12.1 Å². The lowest BCUT2D eigenvalue weighted by molar-refractivity contribution is -0.137. The van der Waals surface area contributed by atoms with E-state index in [1.165, 1.54) is 0 Å². The number of aliphatic hydroxyl groups is 3. The predicted molar refractivity (Wildman–Crippen MR) is 136 cm³/mol. The van der Waals surface area contributed by atoms with Crippen molar-refractivity contribution in [3.8, 4) is 5.75 Å². The van der Waals surface area contributed by atoms with Gasteiger partial charge in [0.15, 0.2) is 0 Å². The van der Waals surface area contributed by atoms with E-state index in [-0.39, 0.29) is 18.6 Å². The third-order valence-electron chi connectivity index (χ3n) is 7.18. The number of hydrogen-bond acceptors (Lipinski definition) is 9. The van der Waals surface area contributed by atoms with Crippen LogP contribution in [0.2, 0.25) is 0 Å². The van der Waals surface area contributed by atoms with Gasteiger partial charge in [-0.2, -0.15) is 4.90 Å². The van der Waals surface area contributed by atoms with Gasteiger partial charge in [-0.1, -0.05) is 18.2 Å². The van der Waals surface area contributed by atoms with Gasteiger partial charge in [0.05, 0.1) is 44.0 Å². The number of carbonyl (C=O) groups is 3. The number of aliphatic hydroxyl groups excluding tert-OH is 3. The molecule has 1 aliphatic carbocycles. The Balaban J connectivity index is 1.63. The average molecular weight is 523 g/mol. The van der Waals surface area contributed by atoms with Crippen molar-refractivity contribution < 1.29 is 39.5 Å². The number of amides is 3. The highest BCUT2D eigenvalue weighted by molar-refractivity contribution is 6.16. The summed E-state index contributed by atoms with van der Waals surface area (Å²) in [5, 5.41) is 41.5. The van der Waals surface area contributed by atoms with Crippen LogP contribution in [0.5, 0.6) is 5.75 Å². The summed E-state index contributed by atoms with van der Waals surface area (Å²) >= 11 is 0. The molecule has 2 aromatic rings. The van der Waals surface area contributed by atoms with Crippen molar-refractivity contribution in [1.82, 2.24) is 9.88 Å². The maximum atomic E-state index is 13.1. The molecule has 0 bridgehead atoms. The summed E-state index contributed by atoms with van der Waals surface area (Å²) in [7, 11) is 1.06. The van der Waals surface area contributed by atoms with Crippen molar-refractivity contribution in [1.29, 1.82) is 0 Å². The highest BCUT2D eigenvalue weighted by Crippen LogP contribution is 2.46. The molecule has 2 heterocycles. The standard InChI is InChI=1S/C28H30N2O8/c1-38-28(37)30-26(35)20-13-18(14-31)24(21(15-32)25(20)27(30)36)23(34)9-8-17(22-7-2-3-10-29-22)11-16-5-4-6-19(33)12-16/h2-7,10-12,20-21,23,25,31-34H,8-9,13-15H2,1H3/b17-11-/t20-,21+,23-,25-/m1/s1. The molecule has 4 N–H and O–H groups in total. The molecular formula is C28H30N2O8. The van der Waals surface area contributed by atoms with E-state index in [0.717, 1.165) is 18.2 Å². The first-order valence-electron chi connectivity index (χ1n) is 12.3. The van der Waals surface area contributed by atoms with Crippen LogP contribution in [0.25, 0.3) is 11.6 Å². The number of phenolic OH excluding ortho intramolecular Hbond substituents is 1. The third kappa shape index (κ3) is 5.24. The van der Waals surface area contributed by atoms with Crippen molar-refractivity contribution in [2.75, 3.05) is 20.3 Å². The molecule has 10 nitrogen and oxygen atoms in total. The van der Waals surface area contributed by atoms with Crippen molar-refractivity contribution in [2.24, 2.45) is 17.8 Å². The zero-order valence-corrected chi connectivity index (χ0v) is 20.9. The molecule has 1 aromatic carbocycles. The zero-order chi connectivity index (χ0) is 27.4. The van der Waals surface area contributed by atoms with Crippen molar-refractivity contribution >= 4 is 29.6 Å². The second kappa shape index (κ2) is 11.7. The molecule has 38 heavy (non-hydrogen) atoms. The lowest BCUT2D eigenvalue weighted by Gasteiger charge is -2.36. The van der Waals surface area contributed by atoms with E-state index in [9.17, 15) is 34.8 Å². The first-order valence-corrected chi connectivity index (χ1v) is 12.3. The first kappa shape index (κ1) is 27.2. The minimum absolute atomic E-state index is 0.0195. The lowest BCUT2D eigenvalue weighted by atomic mass is 9.68. The Morgan fingerprint density at radius 2 is 1.97 bits per heavy atom. The maximum Gasteiger partial charge on any atom is 0.423 e. The van der Waals surface area contributed by atoms with E-state index in [4.69, 9.17) is 0 Å². The van der Waals surface area contributed by atoms with Crippen LogP contribution in [0.3, 0.4) is 0 Å². The summed E-state index contributed by atoms with van der Waals surface area (Å²) in [4.78, 5) is 42.8. The van der Waals surface area contributed by atoms with Gasteiger partial charge in [0.2, 0.25) is 11.8 Å². The molecule has 10 heteroatoms. The highest BCUT2D eigenvalue weighted by Gasteiger charge is 2.57. The predicted octanol–water partition coefficient (Wildman–Crippen LogP) is 2.14. The van der Waals surface area contributed by atoms with Gasteiger partial charge >= 0.3 is 6.09 Å². The van der Waals surface area contributed by atoms with Crippen LogP contribution in [0.4, 0.5) is 4.79 Å². The number of hydrogen-bond donors (Lipinski definition) is 4. The fraction of sp³-hybridized carbons (Fsp3) is 0.357. The number of carbonyl (C=O) groups excluding carboxylic acids is 3. The number of aromatic hydroxyl groups is 1. The van der Waals surface area contributed by atoms with E-state index in [1.54, 1.807) is 30.5 Å². The van der Waals surface area contributed by atoms with Gasteiger partial charge in [0.25, 0.3) is 0 Å². The van der Waals surface area contributed by atoms with E-state index < -0.39 is 55.0 Å². The van der Waals surface area contributed by atoms with Gasteiger partial charge in [-0.3, -0.25) is 14.6 Å². The highest BCUT2D eigenvalue weighted by atomic mass is 16.5. The second-order valence-corrected chi connectivity index (χ2v) is 9.36. The van der Waals surface area contributed by atoms with Crippen LogP contribution < -0.4 is 0 Å². The molecular weight excluding hydrogens is 492 g/mol. The zero-order valence-electron chi connectivity index (χ0n) is 20.9. The molecule has 1 fully saturated rings. The summed E-state index contributed by atoms with van der Waals surface area (Å²) in [6.07, 6.45) is 1.73. The number of allylic oxidation sites excluding steroid dienone is 1. The first-order chi connectivity index (χ1) is 18.3. The molecule has 2 aliphatic rings. The molecule has 1 aliphatic heterocycles. The summed E-state index contributed by atoms with van der Waals surface area (Å²) in [5.41, 5.74) is 2.86. The summed E-state index contributed by atoms with van der Waals surface area (Å²) < 4.78 is 4.58. The van der Waals surface area contributed by atoms with Gasteiger partial charge in [0.1, 0.15) is 5.75 Å². The van der Waals surface area contributed by atoms with Crippen molar-refractivity contribution in [3.63, 3.8) is 0 Å². The van der Waals surface area contributed by atoms with Crippen LogP contribution >= 0.6 is 0 Å². The second-order valence-electron chi connectivity index (χ2n) is 9.36. The molecule has 1 aromatic heterocycles. The van der Waals surface area contributed by atoms with Crippen LogP contribution in [0.1, 0.15) is 30.5 Å². The summed E-state index contributed by atoms with van der Waals surface area (Å²) in [6, 6.07) is 12.1. The number of pyridine rings is 1. The monoisotopic (exact) mass is 522 g/mol. The fourth-order valence-electron chi connectivity index (χ4n) is 5.47. The van der Waals surface area contributed by atoms with Crippen LogP contribution in [0, 0.1) is 17.8 Å². The molecule has 0 radical (unpaired) electrons. The smallest absolute Gasteiger partial charge is 0.423 e. The van der Waals surface area contributed by atoms with Gasteiger partial charge < -0.3 is 25.2 Å². The molecule has 3 amide bonds. The molecule has 200 valence electrons. The topological polar surface area (TPSA) is 157 Å². The van der Waals surface area contributed by atoms with E-state index in [1.807, 2.05) is 24.3 Å². The normalized spacial score (nSPS) is 22.5. The Morgan fingerprint density at radius 3 is 2.61 bits per heavy atom. The quantitative estimate of drug-likeness (QED) is 0.301. The Hall–Kier alpha value is -3.86. The van der Waals surface area contributed by atoms with E-state index in [2.05, 4.69) is 9.72 Å². The number of benzene rings is 1. The summed E-state index contributed by atoms with van der Waals surface area (Å²) in [6.45, 7) is -1.03. The number of imide groups is 3. The van der Waals surface area contributed by atoms with Crippen LogP contribution in [0.15, 0.2) is 59.8 Å². The number of methoxy groups -OCH3 is 1. The minimum atomic E-state index is -1.15. The number of fused-ring (bicyclic) bond motifs is 1. The number of rotatable bonds is 8. The SMILES string of the molecule is COC(=O)N1C(=O)[C@@H]2[C@@H](CC(CO)=C([C@H](O)CC/C(=C/c3cccc(O)c3)c3ccccn3)[C@@H]2CO)C1=O. The Labute approximate surface area is 219 Å². The number of phenols is 1. The average Bonchev–Trinajstić information content (AvgIpc) is 3.18. The van der Waals surface area contributed by atoms with Crippen LogP contribution in [-0.2, 0) is 14.3 Å². The molecule has 1 saturated heterocycles. The van der Waals surface area contributed by atoms with Crippen molar-refractivity contribution in [3.05, 3.63) is 71.1 Å². The summed E-state index contributed by atoms with van der Waals surface area (Å²) in [5.74, 6) is -4.36. The third-order valence-corrected chi connectivity index (χ3v) is 7.18. The van der Waals surface area contributed by atoms with E-state index >= 15 is 0 Å². The van der Waals surface area contributed by atoms with Crippen LogP contribution in [-0.4, -0.2) is 74.6 Å². The number of aromatic nitrogens is 1. The van der Waals surface area contributed by atoms with Gasteiger partial charge in [-0.15, -0.1) is 0 Å². The maximum absolute atomic E-state index is 13.1. The van der Waals surface area contributed by atoms with Gasteiger partial charge in [-0.25, -0.2) is 4.79 Å². The van der Waals surface area contributed by atoms with Crippen molar-refractivity contribution in [2.45, 2.75) is 25.4 Å². The Morgan fingerprint density at radius 1 is 1.18 bits per heavy atom. The number of likely N-dealkylation sites (tertiary alicyclic amines) is 1. The molecule has 0 unspecified atom stereocenters. The van der Waals surface area contributed by atoms with E-state index in [0.29, 0.717) is 28.2 Å². The number of ether oxygens (including phenoxy) is 1. The molecule has 0 saturated carbocycles. The molecule has 4 atom stereocenters. The fourth-order valence-corrected chi connectivity index (χ4v) is 5.47. The Kier molecular flexibility index (Phi) is 8.35. The Bertz CT molecular complexity index is 1270. The lowest BCUT2D eigenvalue weighted by Crippen LogP contribution is -2.40. The molecule has 4 rings (SSSR count). The van der Waals surface area contributed by atoms with Gasteiger partial charge in [-0.05, 0) is 71.9 Å².